The van der Waals surface area contributed by atoms with Gasteiger partial charge in [-0.2, -0.15) is 0 Å². The van der Waals surface area contributed by atoms with Crippen LogP contribution in [0, 0.1) is 5.92 Å². The molecule has 104 valence electrons. The summed E-state index contributed by atoms with van der Waals surface area (Å²) >= 11 is 1.67. The third-order valence-corrected chi connectivity index (χ3v) is 5.65. The van der Waals surface area contributed by atoms with Crippen molar-refractivity contribution in [1.29, 1.82) is 0 Å². The van der Waals surface area contributed by atoms with Crippen molar-refractivity contribution in [3.63, 3.8) is 0 Å². The van der Waals surface area contributed by atoms with Gasteiger partial charge in [-0.1, -0.05) is 13.3 Å². The van der Waals surface area contributed by atoms with E-state index in [9.17, 15) is 9.90 Å². The van der Waals surface area contributed by atoms with Gasteiger partial charge in [-0.05, 0) is 43.2 Å². The molecular weight excluding hydrogens is 258 g/mol. The fourth-order valence-electron chi connectivity index (χ4n) is 3.14. The Morgan fingerprint density at radius 2 is 2.37 bits per heavy atom. The first-order valence-corrected chi connectivity index (χ1v) is 8.08. The molecule has 2 heterocycles. The quantitative estimate of drug-likeness (QED) is 0.903. The van der Waals surface area contributed by atoms with Gasteiger partial charge in [-0.25, -0.2) is 0 Å². The lowest BCUT2D eigenvalue weighted by molar-refractivity contribution is 0.0769. The fraction of sp³-hybridized carbons (Fsp3) is 0.667. The summed E-state index contributed by atoms with van der Waals surface area (Å²) in [5.74, 6) is 0.905. The van der Waals surface area contributed by atoms with Crippen molar-refractivity contribution in [2.24, 2.45) is 5.92 Å². The Morgan fingerprint density at radius 1 is 1.53 bits per heavy atom. The molecule has 1 aromatic rings. The number of hydrogen-bond donors (Lipinski definition) is 1. The monoisotopic (exact) mass is 279 g/mol. The maximum Gasteiger partial charge on any atom is 0.264 e. The average Bonchev–Trinajstić information content (AvgIpc) is 3.02. The second kappa shape index (κ2) is 5.25. The third kappa shape index (κ3) is 2.56. The predicted molar refractivity (Wildman–Crippen MR) is 76.7 cm³/mol. The van der Waals surface area contributed by atoms with Crippen LogP contribution in [0.5, 0.6) is 0 Å². The third-order valence-electron chi connectivity index (χ3n) is 4.42. The molecule has 1 fully saturated rings. The van der Waals surface area contributed by atoms with E-state index in [0.717, 1.165) is 30.1 Å². The van der Waals surface area contributed by atoms with Crippen LogP contribution in [0.25, 0.3) is 0 Å². The molecule has 0 radical (unpaired) electrons. The molecule has 19 heavy (non-hydrogen) atoms. The topological polar surface area (TPSA) is 40.5 Å². The van der Waals surface area contributed by atoms with E-state index in [4.69, 9.17) is 0 Å². The van der Waals surface area contributed by atoms with Crippen molar-refractivity contribution < 1.29 is 9.90 Å². The molecule has 0 saturated carbocycles. The minimum absolute atomic E-state index is 0.115. The van der Waals surface area contributed by atoms with Crippen LogP contribution in [0.2, 0.25) is 0 Å². The number of aryl methyl sites for hydroxylation is 1. The van der Waals surface area contributed by atoms with Gasteiger partial charge in [0.15, 0.2) is 0 Å². The molecule has 0 spiro atoms. The number of likely N-dealkylation sites (tertiary alicyclic amines) is 1. The van der Waals surface area contributed by atoms with Crippen LogP contribution in [0.3, 0.4) is 0 Å². The Hall–Kier alpha value is -0.870. The molecule has 1 unspecified atom stereocenters. The maximum atomic E-state index is 12.4. The largest absolute Gasteiger partial charge is 0.391 e. The van der Waals surface area contributed by atoms with E-state index in [1.807, 2.05) is 0 Å². The van der Waals surface area contributed by atoms with Crippen LogP contribution >= 0.6 is 11.3 Å². The molecule has 1 aromatic heterocycles. The molecule has 0 aromatic carbocycles. The first-order valence-electron chi connectivity index (χ1n) is 7.26. The summed E-state index contributed by atoms with van der Waals surface area (Å²) in [4.78, 5) is 16.5. The Morgan fingerprint density at radius 3 is 3.05 bits per heavy atom. The molecule has 3 nitrogen and oxygen atoms in total. The zero-order valence-corrected chi connectivity index (χ0v) is 12.2. The summed E-state index contributed by atoms with van der Waals surface area (Å²) in [6, 6.07) is 2.11. The van der Waals surface area contributed by atoms with Crippen LogP contribution in [0.4, 0.5) is 0 Å². The van der Waals surface area contributed by atoms with Gasteiger partial charge in [0, 0.05) is 18.0 Å². The Labute approximate surface area is 118 Å². The zero-order chi connectivity index (χ0) is 13.4. The minimum Gasteiger partial charge on any atom is -0.391 e. The van der Waals surface area contributed by atoms with Crippen LogP contribution in [-0.2, 0) is 12.8 Å². The molecule has 3 rings (SSSR count). The number of aliphatic hydroxyl groups excluding tert-OH is 1. The van der Waals surface area contributed by atoms with E-state index in [0.29, 0.717) is 13.1 Å². The average molecular weight is 279 g/mol. The van der Waals surface area contributed by atoms with E-state index < -0.39 is 0 Å². The number of fused-ring (bicyclic) bond motifs is 1. The van der Waals surface area contributed by atoms with Gasteiger partial charge in [0.25, 0.3) is 5.91 Å². The summed E-state index contributed by atoms with van der Waals surface area (Å²) in [5.41, 5.74) is 1.39. The fourth-order valence-corrected chi connectivity index (χ4v) is 4.31. The number of thiophene rings is 1. The van der Waals surface area contributed by atoms with Crippen molar-refractivity contribution in [2.75, 3.05) is 13.1 Å². The smallest absolute Gasteiger partial charge is 0.264 e. The van der Waals surface area contributed by atoms with Crippen LogP contribution in [0.15, 0.2) is 6.07 Å². The number of carbonyl (C=O) groups excluding carboxylic acids is 1. The molecule has 1 amide bonds. The molecular formula is C15H21NO2S. The van der Waals surface area contributed by atoms with Crippen LogP contribution < -0.4 is 0 Å². The Kier molecular flexibility index (Phi) is 3.63. The molecule has 0 bridgehead atoms. The normalized spacial score (nSPS) is 26.5. The molecule has 1 aliphatic carbocycles. The standard InChI is InChI=1S/C15H21NO2S/c1-2-10-3-4-13-11(7-10)8-14(19-13)15(18)16-6-5-12(17)9-16/h8,10,12,17H,2-7,9H2,1H3/t10?,12-/m0/s1. The van der Waals surface area contributed by atoms with E-state index >= 15 is 0 Å². The first kappa shape index (κ1) is 13.1. The lowest BCUT2D eigenvalue weighted by Gasteiger charge is -2.19. The van der Waals surface area contributed by atoms with Crippen molar-refractivity contribution in [3.8, 4) is 0 Å². The molecule has 2 atom stereocenters. The first-order chi connectivity index (χ1) is 9.17. The van der Waals surface area contributed by atoms with Gasteiger partial charge in [0.1, 0.15) is 0 Å². The highest BCUT2D eigenvalue weighted by atomic mass is 32.1. The number of nitrogens with zero attached hydrogens (tertiary/aromatic N) is 1. The number of rotatable bonds is 2. The van der Waals surface area contributed by atoms with Crippen molar-refractivity contribution in [1.82, 2.24) is 4.90 Å². The highest BCUT2D eigenvalue weighted by Crippen LogP contribution is 2.34. The van der Waals surface area contributed by atoms with Gasteiger partial charge in [0.2, 0.25) is 0 Å². The number of carbonyl (C=O) groups is 1. The highest BCUT2D eigenvalue weighted by molar-refractivity contribution is 7.14. The van der Waals surface area contributed by atoms with E-state index in [2.05, 4.69) is 13.0 Å². The second-order valence-corrected chi connectivity index (χ2v) is 6.91. The Balaban J connectivity index is 1.76. The van der Waals surface area contributed by atoms with E-state index in [1.165, 1.54) is 23.3 Å². The van der Waals surface area contributed by atoms with Gasteiger partial charge in [-0.15, -0.1) is 11.3 Å². The molecule has 1 saturated heterocycles. The second-order valence-electron chi connectivity index (χ2n) is 5.77. The molecule has 1 N–H and O–H groups in total. The molecule has 2 aliphatic rings. The summed E-state index contributed by atoms with van der Waals surface area (Å²) in [7, 11) is 0. The van der Waals surface area contributed by atoms with Crippen molar-refractivity contribution in [2.45, 2.75) is 45.1 Å². The van der Waals surface area contributed by atoms with Crippen LogP contribution in [0.1, 0.15) is 46.3 Å². The van der Waals surface area contributed by atoms with Gasteiger partial charge in [-0.3, -0.25) is 4.79 Å². The number of hydrogen-bond acceptors (Lipinski definition) is 3. The minimum atomic E-state index is -0.331. The maximum absolute atomic E-state index is 12.4. The van der Waals surface area contributed by atoms with Crippen molar-refractivity contribution >= 4 is 17.2 Å². The van der Waals surface area contributed by atoms with Gasteiger partial charge in [0.05, 0.1) is 11.0 Å². The van der Waals surface area contributed by atoms with E-state index in [-0.39, 0.29) is 12.0 Å². The van der Waals surface area contributed by atoms with Gasteiger partial charge >= 0.3 is 0 Å². The highest BCUT2D eigenvalue weighted by Gasteiger charge is 2.28. The van der Waals surface area contributed by atoms with E-state index in [1.54, 1.807) is 16.2 Å². The summed E-state index contributed by atoms with van der Waals surface area (Å²) in [5, 5.41) is 9.53. The van der Waals surface area contributed by atoms with Gasteiger partial charge < -0.3 is 10.0 Å². The zero-order valence-electron chi connectivity index (χ0n) is 11.4. The summed E-state index contributed by atoms with van der Waals surface area (Å²) < 4.78 is 0. The van der Waals surface area contributed by atoms with Crippen LogP contribution in [-0.4, -0.2) is 35.1 Å². The summed E-state index contributed by atoms with van der Waals surface area (Å²) in [6.07, 6.45) is 5.15. The lowest BCUT2D eigenvalue weighted by Crippen LogP contribution is -2.28. The number of β-amino-alcohol motifs (C(OH)–C–C–N with tert-alkyl or cyclic N) is 1. The number of amides is 1. The predicted octanol–water partition coefficient (Wildman–Crippen LogP) is 2.47. The lowest BCUT2D eigenvalue weighted by atomic mass is 9.87. The number of aliphatic hydroxyl groups is 1. The summed E-state index contributed by atoms with van der Waals surface area (Å²) in [6.45, 7) is 3.44. The molecule has 4 heteroatoms. The Bertz CT molecular complexity index is 482. The molecule has 1 aliphatic heterocycles. The van der Waals surface area contributed by atoms with Crippen molar-refractivity contribution in [3.05, 3.63) is 21.4 Å². The SMILES string of the molecule is CCC1CCc2sc(C(=O)N3CC[C@H](O)C3)cc2C1.